The maximum atomic E-state index is 10.5. The summed E-state index contributed by atoms with van der Waals surface area (Å²) in [4.78, 5) is 0. The lowest BCUT2D eigenvalue weighted by molar-refractivity contribution is 0.483. The molecule has 3 nitrogen and oxygen atoms in total. The van der Waals surface area contributed by atoms with Crippen molar-refractivity contribution in [1.29, 1.82) is 0 Å². The van der Waals surface area contributed by atoms with Crippen molar-refractivity contribution in [3.63, 3.8) is 0 Å². The fourth-order valence-electron chi connectivity index (χ4n) is 2.49. The zero-order valence-corrected chi connectivity index (χ0v) is 11.9. The number of phenols is 1. The molecule has 0 saturated carbocycles. The van der Waals surface area contributed by atoms with Gasteiger partial charge in [0, 0.05) is 21.9 Å². The van der Waals surface area contributed by atoms with Crippen molar-refractivity contribution >= 4 is 22.1 Å². The molecular weight excluding hydrogens is 280 g/mol. The summed E-state index contributed by atoms with van der Waals surface area (Å²) in [6.07, 6.45) is 0. The van der Waals surface area contributed by atoms with Crippen LogP contribution in [0.2, 0.25) is 0 Å². The van der Waals surface area contributed by atoms with E-state index in [0.29, 0.717) is 0 Å². The maximum Gasteiger partial charge on any atom is 0.132 e. The van der Waals surface area contributed by atoms with Gasteiger partial charge in [0.1, 0.15) is 5.75 Å². The topological polar surface area (TPSA) is 48.9 Å². The summed E-state index contributed by atoms with van der Waals surface area (Å²) >= 11 is 1.65. The zero-order chi connectivity index (χ0) is 14.2. The van der Waals surface area contributed by atoms with E-state index in [1.54, 1.807) is 11.3 Å². The normalized spacial score (nSPS) is 11.0. The van der Waals surface area contributed by atoms with E-state index in [4.69, 9.17) is 0 Å². The predicted octanol–water partition coefficient (Wildman–Crippen LogP) is 4.66. The molecule has 0 fully saturated rings. The Hall–Kier alpha value is -2.59. The van der Waals surface area contributed by atoms with Crippen LogP contribution in [0.5, 0.6) is 5.75 Å². The lowest BCUT2D eigenvalue weighted by Gasteiger charge is -2.05. The molecule has 4 heteroatoms. The van der Waals surface area contributed by atoms with Crippen LogP contribution < -0.4 is 0 Å². The van der Waals surface area contributed by atoms with Gasteiger partial charge in [0.2, 0.25) is 0 Å². The van der Waals surface area contributed by atoms with Gasteiger partial charge >= 0.3 is 0 Å². The summed E-state index contributed by atoms with van der Waals surface area (Å²) in [7, 11) is 0. The fraction of sp³-hybridized carbons (Fsp3) is 0. The van der Waals surface area contributed by atoms with Crippen molar-refractivity contribution in [3.8, 4) is 28.3 Å². The highest BCUT2D eigenvalue weighted by Crippen LogP contribution is 2.36. The molecule has 2 aromatic carbocycles. The van der Waals surface area contributed by atoms with Crippen molar-refractivity contribution < 1.29 is 5.11 Å². The molecule has 0 saturated heterocycles. The minimum atomic E-state index is 0.275. The first kappa shape index (κ1) is 12.2. The molecule has 0 unspecified atom stereocenters. The van der Waals surface area contributed by atoms with Gasteiger partial charge in [0.25, 0.3) is 0 Å². The van der Waals surface area contributed by atoms with Gasteiger partial charge in [0.05, 0.1) is 11.4 Å². The van der Waals surface area contributed by atoms with Crippen LogP contribution in [0.3, 0.4) is 0 Å². The van der Waals surface area contributed by atoms with E-state index in [0.717, 1.165) is 33.3 Å². The number of benzene rings is 2. The molecule has 2 aromatic heterocycles. The van der Waals surface area contributed by atoms with Crippen LogP contribution in [0.15, 0.2) is 59.3 Å². The molecule has 0 amide bonds. The number of aromatic amines is 1. The number of hydrogen-bond acceptors (Lipinski definition) is 3. The molecule has 2 N–H and O–H groups in total. The molecule has 0 spiro atoms. The Labute approximate surface area is 125 Å². The van der Waals surface area contributed by atoms with E-state index >= 15 is 0 Å². The van der Waals surface area contributed by atoms with Crippen molar-refractivity contribution in [1.82, 2.24) is 10.2 Å². The number of nitrogens with zero attached hydrogens (tertiary/aromatic N) is 1. The van der Waals surface area contributed by atoms with Crippen LogP contribution in [0, 0.1) is 0 Å². The molecule has 4 rings (SSSR count). The van der Waals surface area contributed by atoms with Crippen LogP contribution in [0.1, 0.15) is 0 Å². The number of aromatic hydroxyl groups is 1. The third-order valence-electron chi connectivity index (χ3n) is 3.59. The quantitative estimate of drug-likeness (QED) is 0.564. The first-order valence-electron chi connectivity index (χ1n) is 6.62. The number of nitrogens with one attached hydrogen (secondary N) is 1. The van der Waals surface area contributed by atoms with Gasteiger partial charge < -0.3 is 5.11 Å². The van der Waals surface area contributed by atoms with Crippen molar-refractivity contribution in [3.05, 3.63) is 59.3 Å². The molecule has 0 radical (unpaired) electrons. The summed E-state index contributed by atoms with van der Waals surface area (Å²) in [6, 6.07) is 15.7. The molecule has 0 aliphatic carbocycles. The van der Waals surface area contributed by atoms with Crippen LogP contribution in [-0.4, -0.2) is 15.3 Å². The molecule has 21 heavy (non-hydrogen) atoms. The van der Waals surface area contributed by atoms with Gasteiger partial charge in [0.15, 0.2) is 0 Å². The van der Waals surface area contributed by atoms with Crippen molar-refractivity contribution in [2.75, 3.05) is 0 Å². The smallest absolute Gasteiger partial charge is 0.132 e. The summed E-state index contributed by atoms with van der Waals surface area (Å²) in [5.41, 5.74) is 3.56. The third kappa shape index (κ3) is 2.00. The molecule has 0 aliphatic rings. The second-order valence-electron chi connectivity index (χ2n) is 4.86. The third-order valence-corrected chi connectivity index (χ3v) is 4.27. The van der Waals surface area contributed by atoms with Gasteiger partial charge in [-0.3, -0.25) is 5.10 Å². The van der Waals surface area contributed by atoms with E-state index in [2.05, 4.69) is 15.6 Å². The summed E-state index contributed by atoms with van der Waals surface area (Å²) < 4.78 is 0. The molecule has 102 valence electrons. The SMILES string of the molecule is Oc1c(-c2cc(-c3ccsc3)[nH]n2)ccc2ccccc12. The number of fused-ring (bicyclic) bond motifs is 1. The van der Waals surface area contributed by atoms with Crippen LogP contribution in [-0.2, 0) is 0 Å². The van der Waals surface area contributed by atoms with Crippen LogP contribution in [0.25, 0.3) is 33.3 Å². The van der Waals surface area contributed by atoms with Crippen LogP contribution in [0.4, 0.5) is 0 Å². The number of thiophene rings is 1. The Kier molecular flexibility index (Phi) is 2.75. The number of aromatic nitrogens is 2. The number of hydrogen-bond donors (Lipinski definition) is 2. The Morgan fingerprint density at radius 1 is 1.05 bits per heavy atom. The van der Waals surface area contributed by atoms with Gasteiger partial charge in [-0.05, 0) is 29.0 Å². The second-order valence-corrected chi connectivity index (χ2v) is 5.64. The molecule has 2 heterocycles. The second kappa shape index (κ2) is 4.75. The molecular formula is C17H12N2OS. The summed E-state index contributed by atoms with van der Waals surface area (Å²) in [5, 5.41) is 23.8. The highest BCUT2D eigenvalue weighted by Gasteiger charge is 2.12. The minimum absolute atomic E-state index is 0.275. The molecule has 0 bridgehead atoms. The average Bonchev–Trinajstić information content (AvgIpc) is 3.19. The van der Waals surface area contributed by atoms with Crippen molar-refractivity contribution in [2.45, 2.75) is 0 Å². The zero-order valence-electron chi connectivity index (χ0n) is 11.1. The standard InChI is InChI=1S/C17H12N2OS/c20-17-13-4-2-1-3-11(13)5-6-14(17)16-9-15(18-19-16)12-7-8-21-10-12/h1-10,20H,(H,18,19). The molecule has 0 atom stereocenters. The monoisotopic (exact) mass is 292 g/mol. The maximum absolute atomic E-state index is 10.5. The Balaban J connectivity index is 1.85. The first-order chi connectivity index (χ1) is 10.3. The van der Waals surface area contributed by atoms with Gasteiger partial charge in [-0.1, -0.05) is 30.3 Å². The lowest BCUT2D eigenvalue weighted by atomic mass is 10.0. The molecule has 4 aromatic rings. The van der Waals surface area contributed by atoms with E-state index in [9.17, 15) is 5.11 Å². The number of rotatable bonds is 2. The van der Waals surface area contributed by atoms with E-state index in [1.807, 2.05) is 53.9 Å². The van der Waals surface area contributed by atoms with Gasteiger partial charge in [-0.25, -0.2) is 0 Å². The lowest BCUT2D eigenvalue weighted by Crippen LogP contribution is -1.81. The van der Waals surface area contributed by atoms with E-state index in [-0.39, 0.29) is 5.75 Å². The largest absolute Gasteiger partial charge is 0.507 e. The van der Waals surface area contributed by atoms with E-state index < -0.39 is 0 Å². The average molecular weight is 292 g/mol. The summed E-state index contributed by atoms with van der Waals surface area (Å²) in [5.74, 6) is 0.275. The number of H-pyrrole nitrogens is 1. The summed E-state index contributed by atoms with van der Waals surface area (Å²) in [6.45, 7) is 0. The number of phenolic OH excluding ortho intramolecular Hbond substituents is 1. The first-order valence-corrected chi connectivity index (χ1v) is 7.56. The fourth-order valence-corrected chi connectivity index (χ4v) is 3.14. The van der Waals surface area contributed by atoms with Crippen molar-refractivity contribution in [2.24, 2.45) is 0 Å². The Morgan fingerprint density at radius 2 is 1.95 bits per heavy atom. The van der Waals surface area contributed by atoms with Gasteiger partial charge in [-0.2, -0.15) is 16.4 Å². The van der Waals surface area contributed by atoms with Crippen LogP contribution >= 0.6 is 11.3 Å². The van der Waals surface area contributed by atoms with E-state index in [1.165, 1.54) is 0 Å². The minimum Gasteiger partial charge on any atom is -0.507 e. The Bertz CT molecular complexity index is 910. The highest BCUT2D eigenvalue weighted by atomic mass is 32.1. The predicted molar refractivity (Wildman–Crippen MR) is 86.5 cm³/mol. The Morgan fingerprint density at radius 3 is 2.81 bits per heavy atom. The molecule has 0 aliphatic heterocycles. The van der Waals surface area contributed by atoms with Gasteiger partial charge in [-0.15, -0.1) is 0 Å². The highest BCUT2D eigenvalue weighted by molar-refractivity contribution is 7.08.